The molecule has 0 radical (unpaired) electrons. The number of aromatic nitrogens is 2. The van der Waals surface area contributed by atoms with Crippen LogP contribution in [0.15, 0.2) is 22.9 Å². The molecule has 0 fully saturated rings. The van der Waals surface area contributed by atoms with Crippen LogP contribution in [-0.4, -0.2) is 16.0 Å². The van der Waals surface area contributed by atoms with Gasteiger partial charge in [-0.3, -0.25) is 4.79 Å². The number of nitrogens with zero attached hydrogens (tertiary/aromatic N) is 2. The summed E-state index contributed by atoms with van der Waals surface area (Å²) in [6, 6.07) is 2.72. The Kier molecular flexibility index (Phi) is 3.22. The summed E-state index contributed by atoms with van der Waals surface area (Å²) >= 11 is 0. The molecule has 0 aromatic carbocycles. The van der Waals surface area contributed by atoms with Crippen LogP contribution in [0.2, 0.25) is 0 Å². The summed E-state index contributed by atoms with van der Waals surface area (Å²) < 4.78 is 17.8. The van der Waals surface area contributed by atoms with E-state index in [2.05, 4.69) is 15.5 Å². The summed E-state index contributed by atoms with van der Waals surface area (Å²) in [6.45, 7) is 1.92. The van der Waals surface area contributed by atoms with Crippen LogP contribution in [-0.2, 0) is 6.54 Å². The average Bonchev–Trinajstić information content (AvgIpc) is 2.75. The largest absolute Gasteiger partial charge is 0.383 e. The second-order valence-electron chi connectivity index (χ2n) is 3.70. The van der Waals surface area contributed by atoms with Gasteiger partial charge in [-0.2, -0.15) is 0 Å². The van der Waals surface area contributed by atoms with Crippen LogP contribution in [0.5, 0.6) is 0 Å². The van der Waals surface area contributed by atoms with E-state index in [-0.39, 0.29) is 17.9 Å². The fourth-order valence-corrected chi connectivity index (χ4v) is 1.40. The van der Waals surface area contributed by atoms with E-state index in [1.165, 1.54) is 0 Å². The zero-order valence-electron chi connectivity index (χ0n) is 9.61. The quantitative estimate of drug-likeness (QED) is 0.848. The molecule has 2 rings (SSSR count). The number of hydrogen-bond acceptors (Lipinski definition) is 5. The van der Waals surface area contributed by atoms with Gasteiger partial charge in [-0.15, -0.1) is 0 Å². The van der Waals surface area contributed by atoms with Crippen LogP contribution < -0.4 is 11.1 Å². The Morgan fingerprint density at radius 3 is 3.00 bits per heavy atom. The molecule has 0 bridgehead atoms. The van der Waals surface area contributed by atoms with Gasteiger partial charge in [0, 0.05) is 6.07 Å². The number of halogens is 1. The molecule has 0 saturated carbocycles. The minimum absolute atomic E-state index is 0.00443. The third-order valence-corrected chi connectivity index (χ3v) is 2.24. The Morgan fingerprint density at radius 2 is 2.33 bits per heavy atom. The van der Waals surface area contributed by atoms with Crippen molar-refractivity contribution in [3.8, 4) is 0 Å². The number of rotatable bonds is 3. The number of pyridine rings is 1. The molecular formula is C11H11FN4O2. The van der Waals surface area contributed by atoms with Crippen molar-refractivity contribution >= 4 is 11.7 Å². The molecule has 0 aliphatic heterocycles. The van der Waals surface area contributed by atoms with Gasteiger partial charge in [0.05, 0.1) is 18.3 Å². The Labute approximate surface area is 102 Å². The Bertz CT molecular complexity index is 582. The Morgan fingerprint density at radius 1 is 1.56 bits per heavy atom. The van der Waals surface area contributed by atoms with Crippen molar-refractivity contribution in [2.75, 3.05) is 5.73 Å². The maximum absolute atomic E-state index is 12.9. The highest BCUT2D eigenvalue weighted by Crippen LogP contribution is 2.10. The second kappa shape index (κ2) is 4.82. The van der Waals surface area contributed by atoms with Crippen molar-refractivity contribution in [1.29, 1.82) is 0 Å². The monoisotopic (exact) mass is 250 g/mol. The molecule has 2 aromatic rings. The van der Waals surface area contributed by atoms with Gasteiger partial charge in [0.1, 0.15) is 23.1 Å². The highest BCUT2D eigenvalue weighted by atomic mass is 19.1. The Hall–Kier alpha value is -2.44. The predicted molar refractivity (Wildman–Crippen MR) is 61.0 cm³/mol. The normalized spacial score (nSPS) is 10.3. The average molecular weight is 250 g/mol. The first kappa shape index (κ1) is 12.0. The van der Waals surface area contributed by atoms with Gasteiger partial charge in [-0.25, -0.2) is 9.37 Å². The SMILES string of the molecule is Cc1cc(CNC(=O)c2cc(F)cnc2N)no1. The van der Waals surface area contributed by atoms with E-state index < -0.39 is 11.7 Å². The van der Waals surface area contributed by atoms with Crippen molar-refractivity contribution in [2.45, 2.75) is 13.5 Å². The number of nitrogens with two attached hydrogens (primary N) is 1. The molecule has 0 spiro atoms. The number of hydrogen-bond donors (Lipinski definition) is 2. The van der Waals surface area contributed by atoms with E-state index in [1.807, 2.05) is 0 Å². The lowest BCUT2D eigenvalue weighted by molar-refractivity contribution is 0.0950. The fraction of sp³-hybridized carbons (Fsp3) is 0.182. The van der Waals surface area contributed by atoms with Gasteiger partial charge in [0.2, 0.25) is 0 Å². The molecular weight excluding hydrogens is 239 g/mol. The van der Waals surface area contributed by atoms with E-state index in [9.17, 15) is 9.18 Å². The molecule has 6 nitrogen and oxygen atoms in total. The lowest BCUT2D eigenvalue weighted by Gasteiger charge is -2.05. The number of aryl methyl sites for hydroxylation is 1. The van der Waals surface area contributed by atoms with Gasteiger partial charge in [0.25, 0.3) is 5.91 Å². The molecule has 0 unspecified atom stereocenters. The highest BCUT2D eigenvalue weighted by Gasteiger charge is 2.12. The zero-order valence-corrected chi connectivity index (χ0v) is 9.61. The van der Waals surface area contributed by atoms with Gasteiger partial charge in [-0.05, 0) is 13.0 Å². The number of carbonyl (C=O) groups excluding carboxylic acids is 1. The molecule has 94 valence electrons. The van der Waals surface area contributed by atoms with Crippen LogP contribution in [0.4, 0.5) is 10.2 Å². The van der Waals surface area contributed by atoms with Crippen molar-refractivity contribution in [3.63, 3.8) is 0 Å². The van der Waals surface area contributed by atoms with Crippen molar-refractivity contribution in [3.05, 3.63) is 41.2 Å². The molecule has 0 atom stereocenters. The molecule has 2 heterocycles. The zero-order chi connectivity index (χ0) is 13.1. The third kappa shape index (κ3) is 2.62. The molecule has 18 heavy (non-hydrogen) atoms. The van der Waals surface area contributed by atoms with Gasteiger partial charge in [-0.1, -0.05) is 5.16 Å². The van der Waals surface area contributed by atoms with Crippen LogP contribution in [0, 0.1) is 12.7 Å². The lowest BCUT2D eigenvalue weighted by Crippen LogP contribution is -2.24. The molecule has 2 aromatic heterocycles. The summed E-state index contributed by atoms with van der Waals surface area (Å²) in [4.78, 5) is 15.3. The van der Waals surface area contributed by atoms with Crippen molar-refractivity contribution in [2.24, 2.45) is 0 Å². The number of nitrogens with one attached hydrogen (secondary N) is 1. The molecule has 3 N–H and O–H groups in total. The van der Waals surface area contributed by atoms with E-state index in [4.69, 9.17) is 10.3 Å². The molecule has 1 amide bonds. The first-order valence-corrected chi connectivity index (χ1v) is 5.17. The second-order valence-corrected chi connectivity index (χ2v) is 3.70. The smallest absolute Gasteiger partial charge is 0.255 e. The highest BCUT2D eigenvalue weighted by molar-refractivity contribution is 5.98. The maximum Gasteiger partial charge on any atom is 0.255 e. The predicted octanol–water partition coefficient (Wildman–Crippen LogP) is 1.03. The Balaban J connectivity index is 2.05. The van der Waals surface area contributed by atoms with E-state index in [0.29, 0.717) is 11.5 Å². The molecule has 0 saturated heterocycles. The molecule has 0 aliphatic carbocycles. The van der Waals surface area contributed by atoms with Crippen molar-refractivity contribution < 1.29 is 13.7 Å². The summed E-state index contributed by atoms with van der Waals surface area (Å²) in [7, 11) is 0. The van der Waals surface area contributed by atoms with E-state index in [1.54, 1.807) is 13.0 Å². The maximum atomic E-state index is 12.9. The van der Waals surface area contributed by atoms with Crippen molar-refractivity contribution in [1.82, 2.24) is 15.5 Å². The van der Waals surface area contributed by atoms with Gasteiger partial charge in [0.15, 0.2) is 0 Å². The summed E-state index contributed by atoms with van der Waals surface area (Å²) in [6.07, 6.45) is 0.951. The van der Waals surface area contributed by atoms with Crippen LogP contribution in [0.25, 0.3) is 0 Å². The number of nitrogen functional groups attached to an aromatic ring is 1. The van der Waals surface area contributed by atoms with Crippen LogP contribution in [0.3, 0.4) is 0 Å². The number of carbonyl (C=O) groups is 1. The third-order valence-electron chi connectivity index (χ3n) is 2.24. The lowest BCUT2D eigenvalue weighted by atomic mass is 10.2. The van der Waals surface area contributed by atoms with Gasteiger partial charge >= 0.3 is 0 Å². The summed E-state index contributed by atoms with van der Waals surface area (Å²) in [5.74, 6) is -0.511. The van der Waals surface area contributed by atoms with E-state index in [0.717, 1.165) is 12.3 Å². The first-order chi connectivity index (χ1) is 8.56. The van der Waals surface area contributed by atoms with Crippen LogP contribution in [0.1, 0.15) is 21.8 Å². The van der Waals surface area contributed by atoms with Gasteiger partial charge < -0.3 is 15.6 Å². The number of amides is 1. The summed E-state index contributed by atoms with van der Waals surface area (Å²) in [5, 5.41) is 6.26. The minimum atomic E-state index is -0.619. The topological polar surface area (TPSA) is 94.0 Å². The van der Waals surface area contributed by atoms with E-state index >= 15 is 0 Å². The summed E-state index contributed by atoms with van der Waals surface area (Å²) in [5.41, 5.74) is 6.06. The number of anilines is 1. The minimum Gasteiger partial charge on any atom is -0.383 e. The fourth-order valence-electron chi connectivity index (χ4n) is 1.40. The molecule has 0 aliphatic rings. The standard InChI is InChI=1S/C11H11FN4O2/c1-6-2-8(16-18-6)5-15-11(17)9-3-7(12)4-14-10(9)13/h2-4H,5H2,1H3,(H2,13,14)(H,15,17). The first-order valence-electron chi connectivity index (χ1n) is 5.17. The van der Waals surface area contributed by atoms with Crippen LogP contribution >= 0.6 is 0 Å². The molecule has 7 heteroatoms.